The summed E-state index contributed by atoms with van der Waals surface area (Å²) in [5, 5.41) is 5.88. The van der Waals surface area contributed by atoms with Crippen molar-refractivity contribution in [2.75, 3.05) is 18.4 Å². The molecule has 0 aliphatic heterocycles. The molecule has 2 N–H and O–H groups in total. The van der Waals surface area contributed by atoms with Crippen LogP contribution in [0, 0.1) is 0 Å². The monoisotopic (exact) mass is 259 g/mol. The average Bonchev–Trinajstić information content (AvgIpc) is 2.94. The van der Waals surface area contributed by atoms with Crippen LogP contribution in [0.25, 0.3) is 11.3 Å². The lowest BCUT2D eigenvalue weighted by atomic mass is 10.2. The van der Waals surface area contributed by atoms with Crippen molar-refractivity contribution in [1.82, 2.24) is 10.3 Å². The topological polar surface area (TPSA) is 67.2 Å². The van der Waals surface area contributed by atoms with Crippen LogP contribution >= 0.6 is 0 Å². The van der Waals surface area contributed by atoms with Crippen molar-refractivity contribution in [3.05, 3.63) is 36.9 Å². The SMILES string of the molecule is CCCNCC(=O)Nc1ccc(-c2cnco2)cc1. The van der Waals surface area contributed by atoms with E-state index in [-0.39, 0.29) is 5.91 Å². The second kappa shape index (κ2) is 6.70. The van der Waals surface area contributed by atoms with Gasteiger partial charge in [-0.1, -0.05) is 6.92 Å². The molecule has 0 radical (unpaired) electrons. The molecular formula is C14H17N3O2. The fraction of sp³-hybridized carbons (Fsp3) is 0.286. The number of aromatic nitrogens is 1. The van der Waals surface area contributed by atoms with Gasteiger partial charge in [0.2, 0.25) is 5.91 Å². The van der Waals surface area contributed by atoms with Crippen LogP contribution < -0.4 is 10.6 Å². The minimum Gasteiger partial charge on any atom is -0.444 e. The first-order valence-electron chi connectivity index (χ1n) is 6.29. The molecule has 1 aromatic heterocycles. The second-order valence-corrected chi connectivity index (χ2v) is 4.17. The molecule has 0 fully saturated rings. The molecule has 5 nitrogen and oxygen atoms in total. The first kappa shape index (κ1) is 13.3. The van der Waals surface area contributed by atoms with Crippen molar-refractivity contribution in [2.24, 2.45) is 0 Å². The molecule has 0 bridgehead atoms. The molecule has 0 unspecified atom stereocenters. The maximum atomic E-state index is 11.6. The zero-order chi connectivity index (χ0) is 13.5. The first-order valence-corrected chi connectivity index (χ1v) is 6.29. The zero-order valence-corrected chi connectivity index (χ0v) is 10.8. The van der Waals surface area contributed by atoms with Gasteiger partial charge in [-0.15, -0.1) is 0 Å². The van der Waals surface area contributed by atoms with Crippen molar-refractivity contribution in [3.8, 4) is 11.3 Å². The number of anilines is 1. The molecule has 0 spiro atoms. The average molecular weight is 259 g/mol. The second-order valence-electron chi connectivity index (χ2n) is 4.17. The quantitative estimate of drug-likeness (QED) is 0.781. The zero-order valence-electron chi connectivity index (χ0n) is 10.8. The number of rotatable bonds is 6. The van der Waals surface area contributed by atoms with Crippen LogP contribution in [0.15, 0.2) is 41.3 Å². The molecule has 0 saturated carbocycles. The lowest BCUT2D eigenvalue weighted by molar-refractivity contribution is -0.115. The number of amides is 1. The summed E-state index contributed by atoms with van der Waals surface area (Å²) < 4.78 is 5.20. The summed E-state index contributed by atoms with van der Waals surface area (Å²) in [7, 11) is 0. The minimum atomic E-state index is -0.0409. The Bertz CT molecular complexity index is 506. The van der Waals surface area contributed by atoms with E-state index in [4.69, 9.17) is 4.42 Å². The van der Waals surface area contributed by atoms with Gasteiger partial charge in [-0.25, -0.2) is 4.98 Å². The normalized spacial score (nSPS) is 10.4. The number of nitrogens with one attached hydrogen (secondary N) is 2. The van der Waals surface area contributed by atoms with E-state index in [1.165, 1.54) is 6.39 Å². The summed E-state index contributed by atoms with van der Waals surface area (Å²) in [6.45, 7) is 3.24. The van der Waals surface area contributed by atoms with Gasteiger partial charge in [-0.3, -0.25) is 4.79 Å². The van der Waals surface area contributed by atoms with E-state index in [0.29, 0.717) is 12.3 Å². The molecule has 100 valence electrons. The lowest BCUT2D eigenvalue weighted by Gasteiger charge is -2.06. The van der Waals surface area contributed by atoms with Gasteiger partial charge in [0, 0.05) is 11.3 Å². The van der Waals surface area contributed by atoms with Gasteiger partial charge in [-0.2, -0.15) is 0 Å². The van der Waals surface area contributed by atoms with Crippen molar-refractivity contribution < 1.29 is 9.21 Å². The summed E-state index contributed by atoms with van der Waals surface area (Å²) in [6.07, 6.45) is 4.06. The maximum absolute atomic E-state index is 11.6. The van der Waals surface area contributed by atoms with Gasteiger partial charge in [0.05, 0.1) is 12.7 Å². The number of oxazole rings is 1. The highest BCUT2D eigenvalue weighted by Crippen LogP contribution is 2.20. The third-order valence-electron chi connectivity index (χ3n) is 2.60. The third-order valence-corrected chi connectivity index (χ3v) is 2.60. The van der Waals surface area contributed by atoms with Crippen LogP contribution in [0.1, 0.15) is 13.3 Å². The molecule has 1 aromatic carbocycles. The van der Waals surface area contributed by atoms with Gasteiger partial charge < -0.3 is 15.1 Å². The highest BCUT2D eigenvalue weighted by atomic mass is 16.3. The standard InChI is InChI=1S/C14H17N3O2/c1-2-7-15-9-14(18)17-12-5-3-11(4-6-12)13-8-16-10-19-13/h3-6,8,10,15H,2,7,9H2,1H3,(H,17,18). The fourth-order valence-electron chi connectivity index (χ4n) is 1.66. The van der Waals surface area contributed by atoms with Crippen molar-refractivity contribution in [3.63, 3.8) is 0 Å². The molecule has 2 aromatic rings. The largest absolute Gasteiger partial charge is 0.444 e. The number of hydrogen-bond acceptors (Lipinski definition) is 4. The third kappa shape index (κ3) is 3.93. The highest BCUT2D eigenvalue weighted by Gasteiger charge is 2.03. The molecule has 5 heteroatoms. The molecule has 19 heavy (non-hydrogen) atoms. The smallest absolute Gasteiger partial charge is 0.238 e. The maximum Gasteiger partial charge on any atom is 0.238 e. The van der Waals surface area contributed by atoms with Gasteiger partial charge in [0.25, 0.3) is 0 Å². The summed E-state index contributed by atoms with van der Waals surface area (Å²) in [5.41, 5.74) is 1.70. The van der Waals surface area contributed by atoms with Crippen LogP contribution in [0.2, 0.25) is 0 Å². The summed E-state index contributed by atoms with van der Waals surface area (Å²) >= 11 is 0. The Kier molecular flexibility index (Phi) is 4.69. The Morgan fingerprint density at radius 3 is 2.74 bits per heavy atom. The van der Waals surface area contributed by atoms with E-state index < -0.39 is 0 Å². The Hall–Kier alpha value is -2.14. The molecule has 0 aliphatic carbocycles. The van der Waals surface area contributed by atoms with Crippen LogP contribution in [0.4, 0.5) is 5.69 Å². The Labute approximate surface area is 112 Å². The molecular weight excluding hydrogens is 242 g/mol. The van der Waals surface area contributed by atoms with Crippen LogP contribution in [-0.4, -0.2) is 24.0 Å². The predicted molar refractivity (Wildman–Crippen MR) is 73.7 cm³/mol. The van der Waals surface area contributed by atoms with Gasteiger partial charge >= 0.3 is 0 Å². The van der Waals surface area contributed by atoms with E-state index in [1.807, 2.05) is 24.3 Å². The molecule has 1 amide bonds. The van der Waals surface area contributed by atoms with E-state index in [9.17, 15) is 4.79 Å². The highest BCUT2D eigenvalue weighted by molar-refractivity contribution is 5.92. The van der Waals surface area contributed by atoms with E-state index >= 15 is 0 Å². The summed E-state index contributed by atoms with van der Waals surface area (Å²) in [5.74, 6) is 0.670. The van der Waals surface area contributed by atoms with Gasteiger partial charge in [0.15, 0.2) is 12.2 Å². The van der Waals surface area contributed by atoms with Crippen molar-refractivity contribution in [2.45, 2.75) is 13.3 Å². The van der Waals surface area contributed by atoms with Crippen LogP contribution in [0.5, 0.6) is 0 Å². The number of benzene rings is 1. The van der Waals surface area contributed by atoms with Gasteiger partial charge in [0.1, 0.15) is 0 Å². The Balaban J connectivity index is 1.90. The number of hydrogen-bond donors (Lipinski definition) is 2. The van der Waals surface area contributed by atoms with E-state index in [0.717, 1.165) is 24.2 Å². The molecule has 0 saturated heterocycles. The Morgan fingerprint density at radius 2 is 2.11 bits per heavy atom. The summed E-state index contributed by atoms with van der Waals surface area (Å²) in [6, 6.07) is 7.45. The number of carbonyl (C=O) groups excluding carboxylic acids is 1. The fourth-order valence-corrected chi connectivity index (χ4v) is 1.66. The molecule has 2 rings (SSSR count). The Morgan fingerprint density at radius 1 is 1.32 bits per heavy atom. The van der Waals surface area contributed by atoms with Gasteiger partial charge in [-0.05, 0) is 37.2 Å². The van der Waals surface area contributed by atoms with Crippen LogP contribution in [0.3, 0.4) is 0 Å². The van der Waals surface area contributed by atoms with Crippen molar-refractivity contribution >= 4 is 11.6 Å². The molecule has 0 atom stereocenters. The lowest BCUT2D eigenvalue weighted by Crippen LogP contribution is -2.28. The number of nitrogens with zero attached hydrogens (tertiary/aromatic N) is 1. The van der Waals surface area contributed by atoms with Crippen molar-refractivity contribution in [1.29, 1.82) is 0 Å². The first-order chi connectivity index (χ1) is 9.29. The van der Waals surface area contributed by atoms with E-state index in [1.54, 1.807) is 6.20 Å². The molecule has 1 heterocycles. The van der Waals surface area contributed by atoms with Crippen LogP contribution in [-0.2, 0) is 4.79 Å². The van der Waals surface area contributed by atoms with E-state index in [2.05, 4.69) is 22.5 Å². The predicted octanol–water partition coefficient (Wildman–Crippen LogP) is 2.28. The summed E-state index contributed by atoms with van der Waals surface area (Å²) in [4.78, 5) is 15.5. The molecule has 0 aliphatic rings. The number of carbonyl (C=O) groups is 1. The minimum absolute atomic E-state index is 0.0409.